The molecule has 0 radical (unpaired) electrons. The normalized spacial score (nSPS) is 10.3. The van der Waals surface area contributed by atoms with Crippen molar-refractivity contribution in [3.8, 4) is 0 Å². The Morgan fingerprint density at radius 1 is 1.21 bits per heavy atom. The molecule has 5 heteroatoms. The first-order valence-corrected chi connectivity index (χ1v) is 6.29. The molecule has 2 aromatic rings. The van der Waals surface area contributed by atoms with Crippen molar-refractivity contribution in [3.63, 3.8) is 0 Å². The molecular formula is C14H19N5. The highest BCUT2D eigenvalue weighted by Crippen LogP contribution is 2.24. The van der Waals surface area contributed by atoms with Gasteiger partial charge in [0, 0.05) is 25.3 Å². The van der Waals surface area contributed by atoms with E-state index in [1.54, 1.807) is 0 Å². The molecule has 0 atom stereocenters. The number of benzene rings is 1. The SMILES string of the molecule is CCNc1cc(N(C)c2ccc(C)cc2)nc(N)n1. The van der Waals surface area contributed by atoms with Gasteiger partial charge in [-0.1, -0.05) is 17.7 Å². The van der Waals surface area contributed by atoms with Gasteiger partial charge in [0.15, 0.2) is 0 Å². The maximum Gasteiger partial charge on any atom is 0.223 e. The monoisotopic (exact) mass is 257 g/mol. The lowest BCUT2D eigenvalue weighted by Gasteiger charge is -2.19. The number of aromatic nitrogens is 2. The lowest BCUT2D eigenvalue weighted by Crippen LogP contribution is -2.14. The molecule has 0 saturated heterocycles. The number of anilines is 4. The average molecular weight is 257 g/mol. The Morgan fingerprint density at radius 3 is 2.53 bits per heavy atom. The van der Waals surface area contributed by atoms with E-state index in [1.165, 1.54) is 5.56 Å². The Balaban J connectivity index is 2.32. The van der Waals surface area contributed by atoms with Crippen LogP contribution in [0.4, 0.5) is 23.3 Å². The smallest absolute Gasteiger partial charge is 0.223 e. The van der Waals surface area contributed by atoms with E-state index in [2.05, 4.69) is 46.5 Å². The third-order valence-electron chi connectivity index (χ3n) is 2.85. The van der Waals surface area contributed by atoms with Crippen molar-refractivity contribution < 1.29 is 0 Å². The van der Waals surface area contributed by atoms with Gasteiger partial charge in [0.25, 0.3) is 0 Å². The van der Waals surface area contributed by atoms with Crippen LogP contribution in [0.3, 0.4) is 0 Å². The molecule has 0 bridgehead atoms. The molecule has 0 amide bonds. The molecule has 100 valence electrons. The molecule has 0 aliphatic rings. The zero-order valence-corrected chi connectivity index (χ0v) is 11.5. The molecule has 1 heterocycles. The van der Waals surface area contributed by atoms with Crippen molar-refractivity contribution in [2.45, 2.75) is 13.8 Å². The summed E-state index contributed by atoms with van der Waals surface area (Å²) in [7, 11) is 1.96. The molecule has 0 saturated carbocycles. The first-order valence-electron chi connectivity index (χ1n) is 6.29. The zero-order chi connectivity index (χ0) is 13.8. The molecule has 0 aliphatic heterocycles. The van der Waals surface area contributed by atoms with Crippen LogP contribution in [-0.2, 0) is 0 Å². The van der Waals surface area contributed by atoms with E-state index in [0.717, 1.165) is 23.9 Å². The van der Waals surface area contributed by atoms with Crippen molar-refractivity contribution in [1.82, 2.24) is 9.97 Å². The van der Waals surface area contributed by atoms with Gasteiger partial charge in [-0.3, -0.25) is 0 Å². The van der Waals surface area contributed by atoms with Crippen LogP contribution in [0.25, 0.3) is 0 Å². The number of hydrogen-bond acceptors (Lipinski definition) is 5. The summed E-state index contributed by atoms with van der Waals surface area (Å²) in [6.07, 6.45) is 0. The van der Waals surface area contributed by atoms with E-state index < -0.39 is 0 Å². The highest BCUT2D eigenvalue weighted by molar-refractivity contribution is 5.63. The molecule has 0 fully saturated rings. The van der Waals surface area contributed by atoms with Crippen LogP contribution in [0.15, 0.2) is 30.3 Å². The van der Waals surface area contributed by atoms with Crippen molar-refractivity contribution in [1.29, 1.82) is 0 Å². The molecule has 1 aromatic heterocycles. The van der Waals surface area contributed by atoms with Crippen LogP contribution in [0.1, 0.15) is 12.5 Å². The Hall–Kier alpha value is -2.30. The summed E-state index contributed by atoms with van der Waals surface area (Å²) in [6, 6.07) is 10.1. The number of hydrogen-bond donors (Lipinski definition) is 2. The summed E-state index contributed by atoms with van der Waals surface area (Å²) in [6.45, 7) is 4.88. The van der Waals surface area contributed by atoms with E-state index in [9.17, 15) is 0 Å². The molecule has 0 spiro atoms. The highest BCUT2D eigenvalue weighted by Gasteiger charge is 2.08. The number of nitrogens with zero attached hydrogens (tertiary/aromatic N) is 3. The first kappa shape index (κ1) is 13.1. The van der Waals surface area contributed by atoms with Gasteiger partial charge >= 0.3 is 0 Å². The third kappa shape index (κ3) is 3.13. The van der Waals surface area contributed by atoms with Crippen molar-refractivity contribution in [2.24, 2.45) is 0 Å². The maximum absolute atomic E-state index is 5.74. The standard InChI is InChI=1S/C14H19N5/c1-4-16-12-9-13(18-14(15)17-12)19(3)11-7-5-10(2)6-8-11/h5-9H,4H2,1-3H3,(H3,15,16,17,18). The summed E-state index contributed by atoms with van der Waals surface area (Å²) in [5.41, 5.74) is 8.03. The molecule has 1 aromatic carbocycles. The largest absolute Gasteiger partial charge is 0.370 e. The molecular weight excluding hydrogens is 238 g/mol. The zero-order valence-electron chi connectivity index (χ0n) is 11.5. The van der Waals surface area contributed by atoms with Gasteiger partial charge < -0.3 is 16.0 Å². The Labute approximate surface area is 113 Å². The topological polar surface area (TPSA) is 67.1 Å². The highest BCUT2D eigenvalue weighted by atomic mass is 15.2. The minimum absolute atomic E-state index is 0.271. The van der Waals surface area contributed by atoms with Gasteiger partial charge in [-0.25, -0.2) is 0 Å². The number of nitrogens with two attached hydrogens (primary N) is 1. The first-order chi connectivity index (χ1) is 9.10. The Kier molecular flexibility index (Phi) is 3.85. The number of nitrogens with one attached hydrogen (secondary N) is 1. The van der Waals surface area contributed by atoms with Crippen LogP contribution in [0, 0.1) is 6.92 Å². The fourth-order valence-corrected chi connectivity index (χ4v) is 1.80. The van der Waals surface area contributed by atoms with Crippen LogP contribution in [0.2, 0.25) is 0 Å². The Bertz CT molecular complexity index is 550. The lowest BCUT2D eigenvalue weighted by molar-refractivity contribution is 1.07. The summed E-state index contributed by atoms with van der Waals surface area (Å²) >= 11 is 0. The number of nitrogen functional groups attached to an aromatic ring is 1. The second kappa shape index (κ2) is 5.56. The summed E-state index contributed by atoms with van der Waals surface area (Å²) < 4.78 is 0. The molecule has 3 N–H and O–H groups in total. The van der Waals surface area contributed by atoms with Gasteiger partial charge in [-0.05, 0) is 26.0 Å². The fourth-order valence-electron chi connectivity index (χ4n) is 1.80. The van der Waals surface area contributed by atoms with Crippen molar-refractivity contribution in [3.05, 3.63) is 35.9 Å². The molecule has 0 unspecified atom stereocenters. The van der Waals surface area contributed by atoms with E-state index in [4.69, 9.17) is 5.73 Å². The number of rotatable bonds is 4. The van der Waals surface area contributed by atoms with E-state index >= 15 is 0 Å². The van der Waals surface area contributed by atoms with Crippen LogP contribution in [-0.4, -0.2) is 23.6 Å². The quantitative estimate of drug-likeness (QED) is 0.881. The summed E-state index contributed by atoms with van der Waals surface area (Å²) in [5.74, 6) is 1.78. The molecule has 2 rings (SSSR count). The fraction of sp³-hybridized carbons (Fsp3) is 0.286. The molecule has 19 heavy (non-hydrogen) atoms. The van der Waals surface area contributed by atoms with Crippen LogP contribution >= 0.6 is 0 Å². The average Bonchev–Trinajstić information content (AvgIpc) is 2.38. The van der Waals surface area contributed by atoms with Crippen LogP contribution < -0.4 is 16.0 Å². The van der Waals surface area contributed by atoms with Gasteiger partial charge in [0.1, 0.15) is 11.6 Å². The molecule has 5 nitrogen and oxygen atoms in total. The van der Waals surface area contributed by atoms with Gasteiger partial charge in [-0.2, -0.15) is 9.97 Å². The third-order valence-corrected chi connectivity index (χ3v) is 2.85. The van der Waals surface area contributed by atoms with Crippen LogP contribution in [0.5, 0.6) is 0 Å². The van der Waals surface area contributed by atoms with Crippen molar-refractivity contribution in [2.75, 3.05) is 29.5 Å². The predicted octanol–water partition coefficient (Wildman–Crippen LogP) is 2.57. The number of aryl methyl sites for hydroxylation is 1. The van der Waals surface area contributed by atoms with Gasteiger partial charge in [0.05, 0.1) is 0 Å². The van der Waals surface area contributed by atoms with Crippen molar-refractivity contribution >= 4 is 23.3 Å². The van der Waals surface area contributed by atoms with E-state index in [-0.39, 0.29) is 5.95 Å². The minimum Gasteiger partial charge on any atom is -0.370 e. The molecule has 0 aliphatic carbocycles. The minimum atomic E-state index is 0.271. The van der Waals surface area contributed by atoms with E-state index in [1.807, 2.05) is 24.9 Å². The summed E-state index contributed by atoms with van der Waals surface area (Å²) in [4.78, 5) is 10.4. The summed E-state index contributed by atoms with van der Waals surface area (Å²) in [5, 5.41) is 3.15. The lowest BCUT2D eigenvalue weighted by atomic mass is 10.2. The Morgan fingerprint density at radius 2 is 1.89 bits per heavy atom. The maximum atomic E-state index is 5.74. The predicted molar refractivity (Wildman–Crippen MR) is 79.9 cm³/mol. The second-order valence-electron chi connectivity index (χ2n) is 4.39. The second-order valence-corrected chi connectivity index (χ2v) is 4.39. The van der Waals surface area contributed by atoms with Gasteiger partial charge in [0.2, 0.25) is 5.95 Å². The van der Waals surface area contributed by atoms with Gasteiger partial charge in [-0.15, -0.1) is 0 Å². The van der Waals surface area contributed by atoms with E-state index in [0.29, 0.717) is 0 Å².